The van der Waals surface area contributed by atoms with E-state index >= 15 is 0 Å². The predicted molar refractivity (Wildman–Crippen MR) is 168 cm³/mol. The maximum atomic E-state index is 13.5. The molecule has 0 saturated carbocycles. The van der Waals surface area contributed by atoms with E-state index in [1.165, 1.54) is 0 Å². The number of carbonyl (C=O) groups excluding carboxylic acids is 2. The fraction of sp³-hybridized carbons (Fsp3) is 0.200. The van der Waals surface area contributed by atoms with Crippen molar-refractivity contribution in [1.29, 1.82) is 0 Å². The van der Waals surface area contributed by atoms with Crippen molar-refractivity contribution in [2.24, 2.45) is 5.92 Å². The zero-order chi connectivity index (χ0) is 30.4. The SMILES string of the molecule is C[C@H](/C=C/CCn1cc(C(CO)c2ccccc2)nn1)[C@@]1(O)C(=O)Nc2ccc(N3C(=O)c4cccc5cccc3c45)cc21. The molecule has 5 aromatic rings. The molecule has 2 amide bonds. The van der Waals surface area contributed by atoms with Crippen LogP contribution in [0.3, 0.4) is 0 Å². The van der Waals surface area contributed by atoms with Gasteiger partial charge in [-0.1, -0.05) is 78.9 Å². The summed E-state index contributed by atoms with van der Waals surface area (Å²) in [7, 11) is 0. The smallest absolute Gasteiger partial charge is 0.263 e. The lowest BCUT2D eigenvalue weighted by molar-refractivity contribution is -0.137. The van der Waals surface area contributed by atoms with Gasteiger partial charge in [0.05, 0.1) is 29.5 Å². The quantitative estimate of drug-likeness (QED) is 0.203. The Hall–Kier alpha value is -5.12. The Bertz CT molecular complexity index is 1930. The number of carbonyl (C=O) groups is 2. The van der Waals surface area contributed by atoms with Gasteiger partial charge in [-0.05, 0) is 47.7 Å². The van der Waals surface area contributed by atoms with Crippen LogP contribution < -0.4 is 10.2 Å². The second-order valence-corrected chi connectivity index (χ2v) is 11.3. The Labute approximate surface area is 254 Å². The van der Waals surface area contributed by atoms with Gasteiger partial charge < -0.3 is 15.5 Å². The Morgan fingerprint density at radius 3 is 2.59 bits per heavy atom. The average molecular weight is 586 g/mol. The van der Waals surface area contributed by atoms with E-state index in [1.807, 2.05) is 85.1 Å². The van der Waals surface area contributed by atoms with E-state index in [0.29, 0.717) is 41.2 Å². The molecule has 44 heavy (non-hydrogen) atoms. The molecular formula is C35H31N5O4. The Kier molecular flexibility index (Phi) is 6.84. The summed E-state index contributed by atoms with van der Waals surface area (Å²) < 4.78 is 1.72. The summed E-state index contributed by atoms with van der Waals surface area (Å²) in [6.07, 6.45) is 6.18. The highest BCUT2D eigenvalue weighted by molar-refractivity contribution is 6.28. The molecule has 0 aliphatic carbocycles. The minimum atomic E-state index is -1.81. The number of aromatic nitrogens is 3. The lowest BCUT2D eigenvalue weighted by Gasteiger charge is -2.27. The molecule has 220 valence electrons. The lowest BCUT2D eigenvalue weighted by atomic mass is 9.82. The van der Waals surface area contributed by atoms with Crippen LogP contribution >= 0.6 is 0 Å². The van der Waals surface area contributed by atoms with Crippen LogP contribution in [0.4, 0.5) is 17.1 Å². The van der Waals surface area contributed by atoms with Gasteiger partial charge in [0.15, 0.2) is 5.60 Å². The number of aliphatic hydroxyl groups excluding tert-OH is 1. The molecule has 9 heteroatoms. The van der Waals surface area contributed by atoms with E-state index in [9.17, 15) is 19.8 Å². The Morgan fingerprint density at radius 2 is 1.80 bits per heavy atom. The first-order valence-corrected chi connectivity index (χ1v) is 14.7. The minimum Gasteiger partial charge on any atom is -0.395 e. The normalized spacial score (nSPS) is 18.7. The van der Waals surface area contributed by atoms with Crippen molar-refractivity contribution in [3.8, 4) is 0 Å². The third-order valence-corrected chi connectivity index (χ3v) is 8.73. The number of anilines is 3. The highest BCUT2D eigenvalue weighted by Gasteiger charge is 2.49. The summed E-state index contributed by atoms with van der Waals surface area (Å²) in [4.78, 5) is 28.3. The van der Waals surface area contributed by atoms with Crippen LogP contribution in [-0.4, -0.2) is 43.6 Å². The first-order chi connectivity index (χ1) is 21.4. The van der Waals surface area contributed by atoms with Gasteiger partial charge in [0.25, 0.3) is 11.8 Å². The van der Waals surface area contributed by atoms with Gasteiger partial charge in [0.1, 0.15) is 0 Å². The van der Waals surface area contributed by atoms with Crippen LogP contribution in [0.1, 0.15) is 46.4 Å². The zero-order valence-corrected chi connectivity index (χ0v) is 24.1. The monoisotopic (exact) mass is 585 g/mol. The molecule has 4 aromatic carbocycles. The first kappa shape index (κ1) is 27.7. The molecular weight excluding hydrogens is 554 g/mol. The number of nitrogens with one attached hydrogen (secondary N) is 1. The van der Waals surface area contributed by atoms with E-state index in [4.69, 9.17) is 0 Å². The molecule has 1 unspecified atom stereocenters. The first-order valence-electron chi connectivity index (χ1n) is 14.7. The van der Waals surface area contributed by atoms with Gasteiger partial charge >= 0.3 is 0 Å². The molecule has 3 atom stereocenters. The molecule has 3 heterocycles. The van der Waals surface area contributed by atoms with Crippen molar-refractivity contribution >= 4 is 39.6 Å². The summed E-state index contributed by atoms with van der Waals surface area (Å²) in [6, 6.07) is 26.5. The number of aryl methyl sites for hydroxylation is 1. The van der Waals surface area contributed by atoms with E-state index < -0.39 is 17.4 Å². The van der Waals surface area contributed by atoms with Gasteiger partial charge in [0.2, 0.25) is 0 Å². The average Bonchev–Trinajstić information content (AvgIpc) is 3.70. The largest absolute Gasteiger partial charge is 0.395 e. The number of amides is 2. The van der Waals surface area contributed by atoms with Gasteiger partial charge in [-0.3, -0.25) is 19.2 Å². The summed E-state index contributed by atoms with van der Waals surface area (Å²) in [5, 5.41) is 35.0. The van der Waals surface area contributed by atoms with Gasteiger partial charge in [-0.15, -0.1) is 5.10 Å². The molecule has 3 N–H and O–H groups in total. The molecule has 0 fully saturated rings. The van der Waals surface area contributed by atoms with Crippen molar-refractivity contribution in [3.63, 3.8) is 0 Å². The number of hydrogen-bond acceptors (Lipinski definition) is 6. The van der Waals surface area contributed by atoms with E-state index in [2.05, 4.69) is 15.6 Å². The van der Waals surface area contributed by atoms with Crippen LogP contribution in [0.25, 0.3) is 10.8 Å². The molecule has 0 spiro atoms. The summed E-state index contributed by atoms with van der Waals surface area (Å²) >= 11 is 0. The van der Waals surface area contributed by atoms with Gasteiger partial charge in [-0.2, -0.15) is 0 Å². The van der Waals surface area contributed by atoms with Crippen molar-refractivity contribution in [2.45, 2.75) is 31.4 Å². The van der Waals surface area contributed by atoms with Crippen molar-refractivity contribution in [1.82, 2.24) is 15.0 Å². The zero-order valence-electron chi connectivity index (χ0n) is 24.1. The van der Waals surface area contributed by atoms with E-state index in [0.717, 1.165) is 22.0 Å². The highest BCUT2D eigenvalue weighted by Crippen LogP contribution is 2.47. The molecule has 0 radical (unpaired) electrons. The molecule has 7 rings (SSSR count). The van der Waals surface area contributed by atoms with Crippen molar-refractivity contribution in [3.05, 3.63) is 126 Å². The maximum Gasteiger partial charge on any atom is 0.263 e. The number of fused-ring (bicyclic) bond motifs is 1. The highest BCUT2D eigenvalue weighted by atomic mass is 16.3. The second-order valence-electron chi connectivity index (χ2n) is 11.3. The molecule has 9 nitrogen and oxygen atoms in total. The standard InChI is InChI=1S/C35H31N5O4/c1-22(9-5-6-18-39-20-30(37-38-39)27(21-41)23-10-3-2-4-11-23)35(44)28-19-25(16-17-29(28)36-34(35)43)40-31-15-8-13-24-12-7-14-26(32(24)31)33(40)42/h2-5,7-17,19-20,22,27,41,44H,6,18,21H2,1H3,(H,36,43)/b9-5+/t22-,27?,35+/m1/s1. The molecule has 0 bridgehead atoms. The fourth-order valence-corrected chi connectivity index (χ4v) is 6.34. The summed E-state index contributed by atoms with van der Waals surface area (Å²) in [6.45, 7) is 2.27. The number of benzene rings is 4. The van der Waals surface area contributed by atoms with Crippen LogP contribution in [0.2, 0.25) is 0 Å². The fourth-order valence-electron chi connectivity index (χ4n) is 6.34. The van der Waals surface area contributed by atoms with Crippen molar-refractivity contribution in [2.75, 3.05) is 16.8 Å². The van der Waals surface area contributed by atoms with Crippen LogP contribution in [-0.2, 0) is 16.9 Å². The maximum absolute atomic E-state index is 13.5. The molecule has 0 saturated heterocycles. The second kappa shape index (κ2) is 10.9. The number of allylic oxidation sites excluding steroid dienone is 1. The number of rotatable bonds is 9. The van der Waals surface area contributed by atoms with Gasteiger partial charge in [-0.25, -0.2) is 0 Å². The summed E-state index contributed by atoms with van der Waals surface area (Å²) in [5.74, 6) is -1.46. The molecule has 1 aromatic heterocycles. The van der Waals surface area contributed by atoms with Crippen molar-refractivity contribution < 1.29 is 19.8 Å². The third-order valence-electron chi connectivity index (χ3n) is 8.73. The van der Waals surface area contributed by atoms with Crippen LogP contribution in [0.15, 0.2) is 103 Å². The Balaban J connectivity index is 1.09. The van der Waals surface area contributed by atoms with Gasteiger partial charge in [0, 0.05) is 41.0 Å². The minimum absolute atomic E-state index is 0.0709. The molecule has 2 aliphatic heterocycles. The van der Waals surface area contributed by atoms with Crippen LogP contribution in [0, 0.1) is 5.92 Å². The number of hydrogen-bond donors (Lipinski definition) is 3. The lowest BCUT2D eigenvalue weighted by Crippen LogP contribution is -2.39. The summed E-state index contributed by atoms with van der Waals surface area (Å²) in [5.41, 5.74) is 2.80. The third kappa shape index (κ3) is 4.40. The van der Waals surface area contributed by atoms with E-state index in [1.54, 1.807) is 34.7 Å². The molecule has 2 aliphatic rings. The van der Waals surface area contributed by atoms with E-state index in [-0.39, 0.29) is 18.4 Å². The number of nitrogens with zero attached hydrogens (tertiary/aromatic N) is 4. The number of aliphatic hydroxyl groups is 2. The van der Waals surface area contributed by atoms with Crippen LogP contribution in [0.5, 0.6) is 0 Å². The predicted octanol–water partition coefficient (Wildman–Crippen LogP) is 5.27. The Morgan fingerprint density at radius 1 is 1.00 bits per heavy atom. The topological polar surface area (TPSA) is 121 Å².